The Balaban J connectivity index is 1.46. The van der Waals surface area contributed by atoms with Gasteiger partial charge in [-0.1, -0.05) is 48.0 Å². The number of halogens is 1. The highest BCUT2D eigenvalue weighted by Gasteiger charge is 2.22. The molecule has 4 rings (SSSR count). The minimum absolute atomic E-state index is 0.0966. The molecule has 2 aromatic carbocycles. The predicted molar refractivity (Wildman–Crippen MR) is 103 cm³/mol. The molecule has 2 heterocycles. The molecule has 0 aliphatic carbocycles. The van der Waals surface area contributed by atoms with E-state index in [0.29, 0.717) is 0 Å². The summed E-state index contributed by atoms with van der Waals surface area (Å²) in [5, 5.41) is 5.09. The third kappa shape index (κ3) is 4.15. The molecule has 26 heavy (non-hydrogen) atoms. The molecular weight excluding hydrogens is 346 g/mol. The number of ether oxygens (including phenoxy) is 1. The van der Waals surface area contributed by atoms with Gasteiger partial charge in [0.05, 0.1) is 19.3 Å². The molecule has 1 unspecified atom stereocenters. The van der Waals surface area contributed by atoms with Gasteiger partial charge < -0.3 is 4.74 Å². The van der Waals surface area contributed by atoms with E-state index in [1.807, 2.05) is 35.3 Å². The van der Waals surface area contributed by atoms with Crippen LogP contribution in [0.3, 0.4) is 0 Å². The van der Waals surface area contributed by atoms with Crippen LogP contribution in [0.2, 0.25) is 5.02 Å². The first-order valence-electron chi connectivity index (χ1n) is 8.91. The molecule has 3 aromatic rings. The Morgan fingerprint density at radius 2 is 1.77 bits per heavy atom. The molecule has 0 N–H and O–H groups in total. The van der Waals surface area contributed by atoms with Crippen molar-refractivity contribution in [3.8, 4) is 0 Å². The molecule has 1 aliphatic heterocycles. The van der Waals surface area contributed by atoms with E-state index in [1.165, 1.54) is 16.7 Å². The monoisotopic (exact) mass is 367 g/mol. The van der Waals surface area contributed by atoms with Crippen molar-refractivity contribution in [2.75, 3.05) is 19.7 Å². The number of hydrogen-bond acceptors (Lipinski definition) is 3. The van der Waals surface area contributed by atoms with Gasteiger partial charge in [-0.15, -0.1) is 0 Å². The molecule has 0 amide bonds. The molecule has 1 saturated heterocycles. The highest BCUT2D eigenvalue weighted by molar-refractivity contribution is 6.30. The number of rotatable bonds is 5. The molecule has 0 spiro atoms. The van der Waals surface area contributed by atoms with Crippen molar-refractivity contribution in [2.45, 2.75) is 19.2 Å². The van der Waals surface area contributed by atoms with Crippen LogP contribution in [0.5, 0.6) is 0 Å². The van der Waals surface area contributed by atoms with Crippen molar-refractivity contribution >= 4 is 11.6 Å². The summed E-state index contributed by atoms with van der Waals surface area (Å²) in [5.74, 6) is 0. The van der Waals surface area contributed by atoms with Crippen molar-refractivity contribution in [3.63, 3.8) is 0 Å². The summed E-state index contributed by atoms with van der Waals surface area (Å²) in [6.07, 6.45) is 3.92. The summed E-state index contributed by atoms with van der Waals surface area (Å²) in [7, 11) is 0. The van der Waals surface area contributed by atoms with Crippen LogP contribution in [-0.2, 0) is 17.8 Å². The first-order chi connectivity index (χ1) is 12.8. The summed E-state index contributed by atoms with van der Waals surface area (Å²) in [4.78, 5) is 2.46. The van der Waals surface area contributed by atoms with Crippen LogP contribution in [0.25, 0.3) is 0 Å². The van der Waals surface area contributed by atoms with Crippen molar-refractivity contribution in [1.29, 1.82) is 0 Å². The second-order valence-corrected chi connectivity index (χ2v) is 7.05. The molecule has 134 valence electrons. The van der Waals surface area contributed by atoms with Crippen LogP contribution in [0.4, 0.5) is 0 Å². The Bertz CT molecular complexity index is 833. The van der Waals surface area contributed by atoms with Crippen LogP contribution >= 0.6 is 11.6 Å². The van der Waals surface area contributed by atoms with Gasteiger partial charge >= 0.3 is 0 Å². The van der Waals surface area contributed by atoms with Crippen molar-refractivity contribution in [2.24, 2.45) is 0 Å². The van der Waals surface area contributed by atoms with E-state index < -0.39 is 0 Å². The maximum atomic E-state index is 6.00. The Morgan fingerprint density at radius 1 is 1.00 bits per heavy atom. The SMILES string of the molecule is Clc1ccc(C2CN(Cc3ccccc3Cn3cccn3)CCO2)cc1. The second-order valence-electron chi connectivity index (χ2n) is 6.62. The Labute approximate surface area is 159 Å². The third-order valence-corrected chi connectivity index (χ3v) is 5.05. The van der Waals surface area contributed by atoms with Gasteiger partial charge in [0.1, 0.15) is 0 Å². The molecule has 0 saturated carbocycles. The standard InChI is InChI=1S/C21H22ClN3O/c22-20-8-6-17(7-9-20)21-16-24(12-13-26-21)14-18-4-1-2-5-19(18)15-25-11-3-10-23-25/h1-11,21H,12-16H2. The Hall–Kier alpha value is -2.14. The summed E-state index contributed by atoms with van der Waals surface area (Å²) in [6, 6.07) is 18.5. The molecule has 0 radical (unpaired) electrons. The molecule has 0 bridgehead atoms. The lowest BCUT2D eigenvalue weighted by Gasteiger charge is -2.33. The van der Waals surface area contributed by atoms with Crippen molar-refractivity contribution in [3.05, 3.63) is 88.7 Å². The fourth-order valence-corrected chi connectivity index (χ4v) is 3.53. The minimum Gasteiger partial charge on any atom is -0.371 e. The smallest absolute Gasteiger partial charge is 0.0952 e. The zero-order valence-corrected chi connectivity index (χ0v) is 15.3. The topological polar surface area (TPSA) is 30.3 Å². The van der Waals surface area contributed by atoms with Gasteiger partial charge in [-0.3, -0.25) is 9.58 Å². The third-order valence-electron chi connectivity index (χ3n) is 4.80. The second kappa shape index (κ2) is 8.04. The predicted octanol–water partition coefficient (Wildman–Crippen LogP) is 4.16. The lowest BCUT2D eigenvalue weighted by molar-refractivity contribution is -0.0330. The first-order valence-corrected chi connectivity index (χ1v) is 9.29. The van der Waals surface area contributed by atoms with E-state index >= 15 is 0 Å². The average molecular weight is 368 g/mol. The van der Waals surface area contributed by atoms with E-state index in [9.17, 15) is 0 Å². The molecular formula is C21H22ClN3O. The van der Waals surface area contributed by atoms with E-state index in [1.54, 1.807) is 0 Å². The van der Waals surface area contributed by atoms with Gasteiger partial charge in [0.15, 0.2) is 0 Å². The van der Waals surface area contributed by atoms with Gasteiger partial charge in [-0.05, 0) is 34.9 Å². The fourth-order valence-electron chi connectivity index (χ4n) is 3.40. The number of nitrogens with zero attached hydrogens (tertiary/aromatic N) is 3. The summed E-state index contributed by atoms with van der Waals surface area (Å²) >= 11 is 6.00. The van der Waals surface area contributed by atoms with Crippen LogP contribution < -0.4 is 0 Å². The number of aromatic nitrogens is 2. The molecule has 1 aromatic heterocycles. The van der Waals surface area contributed by atoms with Crippen LogP contribution in [-0.4, -0.2) is 34.4 Å². The van der Waals surface area contributed by atoms with Crippen molar-refractivity contribution < 1.29 is 4.74 Å². The van der Waals surface area contributed by atoms with Crippen LogP contribution in [0.15, 0.2) is 67.0 Å². The van der Waals surface area contributed by atoms with Crippen LogP contribution in [0.1, 0.15) is 22.8 Å². The van der Waals surface area contributed by atoms with E-state index in [4.69, 9.17) is 16.3 Å². The molecule has 1 atom stereocenters. The van der Waals surface area contributed by atoms with E-state index in [0.717, 1.165) is 37.8 Å². The lowest BCUT2D eigenvalue weighted by Crippen LogP contribution is -2.38. The lowest BCUT2D eigenvalue weighted by atomic mass is 10.0. The van der Waals surface area contributed by atoms with Gasteiger partial charge in [-0.25, -0.2) is 0 Å². The summed E-state index contributed by atoms with van der Waals surface area (Å²) in [5.41, 5.74) is 3.84. The minimum atomic E-state index is 0.0966. The fraction of sp³-hybridized carbons (Fsp3) is 0.286. The van der Waals surface area contributed by atoms with Gasteiger partial charge in [0.2, 0.25) is 0 Å². The van der Waals surface area contributed by atoms with Crippen molar-refractivity contribution in [1.82, 2.24) is 14.7 Å². The number of hydrogen-bond donors (Lipinski definition) is 0. The quantitative estimate of drug-likeness (QED) is 0.678. The molecule has 1 aliphatic rings. The molecule has 1 fully saturated rings. The maximum Gasteiger partial charge on any atom is 0.0952 e. The largest absolute Gasteiger partial charge is 0.371 e. The number of morpholine rings is 1. The van der Waals surface area contributed by atoms with E-state index in [-0.39, 0.29) is 6.10 Å². The molecule has 5 heteroatoms. The Kier molecular flexibility index (Phi) is 5.34. The zero-order chi connectivity index (χ0) is 17.8. The average Bonchev–Trinajstić information content (AvgIpc) is 3.17. The van der Waals surface area contributed by atoms with E-state index in [2.05, 4.69) is 46.4 Å². The highest BCUT2D eigenvalue weighted by atomic mass is 35.5. The molecule has 4 nitrogen and oxygen atoms in total. The van der Waals surface area contributed by atoms with Gasteiger partial charge in [0, 0.05) is 37.1 Å². The summed E-state index contributed by atoms with van der Waals surface area (Å²) in [6.45, 7) is 4.30. The normalized spacial score (nSPS) is 18.1. The number of benzene rings is 2. The van der Waals surface area contributed by atoms with Crippen LogP contribution in [0, 0.1) is 0 Å². The highest BCUT2D eigenvalue weighted by Crippen LogP contribution is 2.25. The first kappa shape index (κ1) is 17.3. The summed E-state index contributed by atoms with van der Waals surface area (Å²) < 4.78 is 7.96. The van der Waals surface area contributed by atoms with Gasteiger partial charge in [-0.2, -0.15) is 5.10 Å². The Morgan fingerprint density at radius 3 is 2.50 bits per heavy atom. The maximum absolute atomic E-state index is 6.00. The zero-order valence-electron chi connectivity index (χ0n) is 14.6. The van der Waals surface area contributed by atoms with Gasteiger partial charge in [0.25, 0.3) is 0 Å².